The summed E-state index contributed by atoms with van der Waals surface area (Å²) >= 11 is 11.9. The quantitative estimate of drug-likeness (QED) is 0.763. The maximum atomic E-state index is 11.7. The van der Waals surface area contributed by atoms with Crippen LogP contribution < -0.4 is 10.1 Å². The Bertz CT molecular complexity index is 660. The van der Waals surface area contributed by atoms with Gasteiger partial charge in [-0.05, 0) is 23.8 Å². The highest BCUT2D eigenvalue weighted by Gasteiger charge is 2.10. The van der Waals surface area contributed by atoms with Crippen molar-refractivity contribution < 1.29 is 19.1 Å². The highest BCUT2D eigenvalue weighted by atomic mass is 35.5. The molecule has 0 saturated heterocycles. The summed E-state index contributed by atoms with van der Waals surface area (Å²) in [5, 5.41) is 3.57. The van der Waals surface area contributed by atoms with Crippen molar-refractivity contribution >= 4 is 35.1 Å². The normalized spacial score (nSPS) is 10.1. The van der Waals surface area contributed by atoms with Crippen LogP contribution in [0.1, 0.15) is 5.56 Å². The van der Waals surface area contributed by atoms with Crippen LogP contribution in [-0.4, -0.2) is 25.1 Å². The lowest BCUT2D eigenvalue weighted by Gasteiger charge is -2.09. The lowest BCUT2D eigenvalue weighted by atomic mass is 10.2. The van der Waals surface area contributed by atoms with Crippen molar-refractivity contribution in [2.75, 3.05) is 13.2 Å². The van der Waals surface area contributed by atoms with Gasteiger partial charge in [-0.15, -0.1) is 0 Å². The molecule has 0 spiro atoms. The molecular formula is C17H15Cl2NO4. The second kappa shape index (κ2) is 9.15. The molecule has 7 heteroatoms. The van der Waals surface area contributed by atoms with Crippen LogP contribution in [0, 0.1) is 0 Å². The molecule has 0 aromatic heterocycles. The summed E-state index contributed by atoms with van der Waals surface area (Å²) in [6.07, 6.45) is 0. The number of carbonyl (C=O) groups excluding carboxylic acids is 2. The molecule has 0 aliphatic heterocycles. The van der Waals surface area contributed by atoms with Crippen LogP contribution in [0.5, 0.6) is 5.75 Å². The van der Waals surface area contributed by atoms with E-state index in [0.29, 0.717) is 15.8 Å². The molecule has 126 valence electrons. The van der Waals surface area contributed by atoms with Gasteiger partial charge in [0.15, 0.2) is 13.2 Å². The van der Waals surface area contributed by atoms with Crippen molar-refractivity contribution in [3.05, 3.63) is 64.1 Å². The van der Waals surface area contributed by atoms with Gasteiger partial charge in [-0.3, -0.25) is 4.79 Å². The summed E-state index contributed by atoms with van der Waals surface area (Å²) < 4.78 is 10.1. The van der Waals surface area contributed by atoms with E-state index in [1.54, 1.807) is 42.5 Å². The van der Waals surface area contributed by atoms with Gasteiger partial charge < -0.3 is 14.8 Å². The number of hydrogen-bond acceptors (Lipinski definition) is 4. The molecule has 0 fully saturated rings. The molecule has 0 bridgehead atoms. The number of carbonyl (C=O) groups is 2. The maximum absolute atomic E-state index is 11.7. The molecule has 1 N–H and O–H groups in total. The molecule has 0 saturated carbocycles. The number of nitrogens with one attached hydrogen (secondary N) is 1. The van der Waals surface area contributed by atoms with Crippen LogP contribution in [0.4, 0.5) is 0 Å². The Morgan fingerprint density at radius 1 is 0.917 bits per heavy atom. The van der Waals surface area contributed by atoms with Crippen LogP contribution in [0.2, 0.25) is 10.0 Å². The number of amides is 1. The Morgan fingerprint density at radius 2 is 1.58 bits per heavy atom. The van der Waals surface area contributed by atoms with E-state index >= 15 is 0 Å². The second-order valence-electron chi connectivity index (χ2n) is 4.75. The third-order valence-corrected chi connectivity index (χ3v) is 3.66. The molecule has 2 aromatic rings. The Morgan fingerprint density at radius 3 is 2.29 bits per heavy atom. The molecule has 2 aromatic carbocycles. The molecule has 0 aliphatic rings. The summed E-state index contributed by atoms with van der Waals surface area (Å²) in [6.45, 7) is -0.469. The van der Waals surface area contributed by atoms with Gasteiger partial charge in [0.2, 0.25) is 0 Å². The average molecular weight is 368 g/mol. The molecule has 0 unspecified atom stereocenters. The zero-order valence-electron chi connectivity index (χ0n) is 12.6. The molecule has 0 aliphatic carbocycles. The predicted molar refractivity (Wildman–Crippen MR) is 91.2 cm³/mol. The van der Waals surface area contributed by atoms with E-state index in [0.717, 1.165) is 5.56 Å². The number of ether oxygens (including phenoxy) is 2. The fourth-order valence-corrected chi connectivity index (χ4v) is 2.17. The zero-order chi connectivity index (χ0) is 17.4. The van der Waals surface area contributed by atoms with E-state index in [4.69, 9.17) is 32.7 Å². The van der Waals surface area contributed by atoms with Crippen molar-refractivity contribution in [3.8, 4) is 5.75 Å². The minimum atomic E-state index is -0.664. The summed E-state index contributed by atoms with van der Waals surface area (Å²) in [5.41, 5.74) is 0.779. The van der Waals surface area contributed by atoms with Crippen molar-refractivity contribution in [1.29, 1.82) is 0 Å². The minimum absolute atomic E-state index is 0.256. The van der Waals surface area contributed by atoms with Crippen LogP contribution in [0.25, 0.3) is 0 Å². The summed E-state index contributed by atoms with van der Waals surface area (Å²) in [4.78, 5) is 23.2. The van der Waals surface area contributed by atoms with E-state index in [1.165, 1.54) is 0 Å². The average Bonchev–Trinajstić information content (AvgIpc) is 2.58. The highest BCUT2D eigenvalue weighted by molar-refractivity contribution is 6.32. The lowest BCUT2D eigenvalue weighted by molar-refractivity contribution is -0.150. The van der Waals surface area contributed by atoms with Crippen LogP contribution >= 0.6 is 23.2 Å². The molecule has 2 rings (SSSR count). The van der Waals surface area contributed by atoms with E-state index in [9.17, 15) is 9.59 Å². The Hall–Kier alpha value is -2.24. The van der Waals surface area contributed by atoms with E-state index in [2.05, 4.69) is 5.32 Å². The number of para-hydroxylation sites is 1. The SMILES string of the molecule is O=C(COC(=O)COc1ccccc1Cl)NCc1ccccc1Cl. The molecule has 0 radical (unpaired) electrons. The van der Waals surface area contributed by atoms with Crippen molar-refractivity contribution in [2.45, 2.75) is 6.54 Å². The number of rotatable bonds is 7. The highest BCUT2D eigenvalue weighted by Crippen LogP contribution is 2.22. The molecule has 5 nitrogen and oxygen atoms in total. The van der Waals surface area contributed by atoms with E-state index in [-0.39, 0.29) is 13.2 Å². The number of hydrogen-bond donors (Lipinski definition) is 1. The minimum Gasteiger partial charge on any atom is -0.480 e. The van der Waals surface area contributed by atoms with E-state index < -0.39 is 18.5 Å². The molecule has 24 heavy (non-hydrogen) atoms. The number of benzene rings is 2. The Kier molecular flexibility index (Phi) is 6.90. The number of esters is 1. The summed E-state index contributed by atoms with van der Waals surface area (Å²) in [7, 11) is 0. The van der Waals surface area contributed by atoms with Gasteiger partial charge >= 0.3 is 5.97 Å². The van der Waals surface area contributed by atoms with Gasteiger partial charge in [0, 0.05) is 11.6 Å². The molecule has 1 amide bonds. The van der Waals surface area contributed by atoms with E-state index in [1.807, 2.05) is 6.07 Å². The van der Waals surface area contributed by atoms with Gasteiger partial charge in [-0.1, -0.05) is 53.5 Å². The zero-order valence-corrected chi connectivity index (χ0v) is 14.1. The van der Waals surface area contributed by atoms with Crippen molar-refractivity contribution in [2.24, 2.45) is 0 Å². The fourth-order valence-electron chi connectivity index (χ4n) is 1.77. The Balaban J connectivity index is 1.69. The van der Waals surface area contributed by atoms with Crippen molar-refractivity contribution in [1.82, 2.24) is 5.32 Å². The molecule has 0 atom stereocenters. The van der Waals surface area contributed by atoms with Gasteiger partial charge in [-0.25, -0.2) is 4.79 Å². The first-order valence-corrected chi connectivity index (χ1v) is 7.85. The second-order valence-corrected chi connectivity index (χ2v) is 5.56. The standard InChI is InChI=1S/C17H15Cl2NO4/c18-13-6-2-1-5-12(13)9-20-16(21)10-24-17(22)11-23-15-8-4-3-7-14(15)19/h1-8H,9-11H2,(H,20,21). The maximum Gasteiger partial charge on any atom is 0.344 e. The third-order valence-electron chi connectivity index (χ3n) is 2.98. The predicted octanol–water partition coefficient (Wildman–Crippen LogP) is 3.23. The van der Waals surface area contributed by atoms with Gasteiger partial charge in [0.1, 0.15) is 5.75 Å². The third kappa shape index (κ3) is 5.76. The van der Waals surface area contributed by atoms with Crippen molar-refractivity contribution in [3.63, 3.8) is 0 Å². The monoisotopic (exact) mass is 367 g/mol. The smallest absolute Gasteiger partial charge is 0.344 e. The van der Waals surface area contributed by atoms with Crippen LogP contribution in [-0.2, 0) is 20.9 Å². The van der Waals surface area contributed by atoms with Crippen LogP contribution in [0.15, 0.2) is 48.5 Å². The topological polar surface area (TPSA) is 64.6 Å². The summed E-state index contributed by atoms with van der Waals surface area (Å²) in [6, 6.07) is 13.9. The first kappa shape index (κ1) is 18.1. The lowest BCUT2D eigenvalue weighted by Crippen LogP contribution is -2.29. The van der Waals surface area contributed by atoms with Gasteiger partial charge in [0.25, 0.3) is 5.91 Å². The largest absolute Gasteiger partial charge is 0.480 e. The number of halogens is 2. The fraction of sp³-hybridized carbons (Fsp3) is 0.176. The van der Waals surface area contributed by atoms with Crippen LogP contribution in [0.3, 0.4) is 0 Å². The molecular weight excluding hydrogens is 353 g/mol. The summed E-state index contributed by atoms with van der Waals surface area (Å²) in [5.74, 6) is -0.719. The van der Waals surface area contributed by atoms with Gasteiger partial charge in [0.05, 0.1) is 5.02 Å². The van der Waals surface area contributed by atoms with Gasteiger partial charge in [-0.2, -0.15) is 0 Å². The first-order valence-electron chi connectivity index (χ1n) is 7.09. The molecule has 0 heterocycles. The Labute approximate surface area is 149 Å². The first-order chi connectivity index (χ1) is 11.6.